The van der Waals surface area contributed by atoms with Gasteiger partial charge in [-0.1, -0.05) is 32.6 Å². The van der Waals surface area contributed by atoms with Crippen LogP contribution in [0, 0.1) is 11.8 Å². The Kier molecular flexibility index (Phi) is 4.83. The first-order valence-electron chi connectivity index (χ1n) is 7.22. The maximum Gasteiger partial charge on any atom is 0.251 e. The van der Waals surface area contributed by atoms with Crippen LogP contribution in [-0.2, 0) is 0 Å². The van der Waals surface area contributed by atoms with Gasteiger partial charge in [0.05, 0.1) is 0 Å². The fourth-order valence-electron chi connectivity index (χ4n) is 2.72. The van der Waals surface area contributed by atoms with Crippen LogP contribution in [0.3, 0.4) is 0 Å². The molecule has 19 heavy (non-hydrogen) atoms. The topological polar surface area (TPSA) is 49.3 Å². The smallest absolute Gasteiger partial charge is 0.251 e. The number of phenols is 1. The largest absolute Gasteiger partial charge is 0.508 e. The minimum atomic E-state index is -0.0517. The van der Waals surface area contributed by atoms with Crippen LogP contribution in [0.15, 0.2) is 24.3 Å². The van der Waals surface area contributed by atoms with Gasteiger partial charge in [0.25, 0.3) is 5.91 Å². The van der Waals surface area contributed by atoms with E-state index in [-0.39, 0.29) is 11.7 Å². The summed E-state index contributed by atoms with van der Waals surface area (Å²) < 4.78 is 0. The second-order valence-electron chi connectivity index (χ2n) is 5.72. The summed E-state index contributed by atoms with van der Waals surface area (Å²) in [7, 11) is 0. The van der Waals surface area contributed by atoms with E-state index < -0.39 is 0 Å². The highest BCUT2D eigenvalue weighted by molar-refractivity contribution is 5.94. The van der Waals surface area contributed by atoms with E-state index in [9.17, 15) is 9.90 Å². The monoisotopic (exact) mass is 261 g/mol. The Hall–Kier alpha value is -1.51. The van der Waals surface area contributed by atoms with E-state index in [1.807, 2.05) is 0 Å². The Morgan fingerprint density at radius 2 is 1.84 bits per heavy atom. The molecule has 2 N–H and O–H groups in total. The molecule has 0 radical (unpaired) electrons. The van der Waals surface area contributed by atoms with Gasteiger partial charge in [0.1, 0.15) is 5.75 Å². The second-order valence-corrected chi connectivity index (χ2v) is 5.72. The Balaban J connectivity index is 1.70. The lowest BCUT2D eigenvalue weighted by atomic mass is 9.81. The third-order valence-corrected chi connectivity index (χ3v) is 4.10. The van der Waals surface area contributed by atoms with Crippen molar-refractivity contribution in [2.24, 2.45) is 11.8 Å². The number of benzene rings is 1. The van der Waals surface area contributed by atoms with Gasteiger partial charge in [-0.2, -0.15) is 0 Å². The molecule has 1 aliphatic carbocycles. The van der Waals surface area contributed by atoms with E-state index in [1.54, 1.807) is 12.1 Å². The highest BCUT2D eigenvalue weighted by Gasteiger charge is 2.17. The van der Waals surface area contributed by atoms with Crippen LogP contribution in [-0.4, -0.2) is 17.6 Å². The van der Waals surface area contributed by atoms with E-state index in [4.69, 9.17) is 0 Å². The Bertz CT molecular complexity index is 405. The van der Waals surface area contributed by atoms with Crippen LogP contribution in [0.5, 0.6) is 5.75 Å². The molecular formula is C16H23NO2. The predicted octanol–water partition coefficient (Wildman–Crippen LogP) is 3.34. The van der Waals surface area contributed by atoms with Crippen LogP contribution in [0.1, 0.15) is 49.4 Å². The van der Waals surface area contributed by atoms with Crippen LogP contribution in [0.4, 0.5) is 0 Å². The summed E-state index contributed by atoms with van der Waals surface area (Å²) in [6.45, 7) is 3.07. The number of phenolic OH excluding ortho intramolecular Hbond substituents is 1. The lowest BCUT2D eigenvalue weighted by Gasteiger charge is -2.26. The maximum atomic E-state index is 11.9. The Morgan fingerprint density at radius 3 is 2.47 bits per heavy atom. The van der Waals surface area contributed by atoms with Crippen molar-refractivity contribution in [1.29, 1.82) is 0 Å². The molecule has 0 saturated heterocycles. The lowest BCUT2D eigenvalue weighted by Crippen LogP contribution is -2.26. The number of amides is 1. The van der Waals surface area contributed by atoms with E-state index >= 15 is 0 Å². The molecule has 1 aromatic rings. The van der Waals surface area contributed by atoms with Crippen molar-refractivity contribution >= 4 is 5.91 Å². The molecule has 3 heteroatoms. The Labute approximate surface area is 115 Å². The third-order valence-electron chi connectivity index (χ3n) is 4.10. The molecule has 1 amide bonds. The zero-order chi connectivity index (χ0) is 13.7. The first-order chi connectivity index (χ1) is 9.15. The normalized spacial score (nSPS) is 23.0. The van der Waals surface area contributed by atoms with Crippen LogP contribution < -0.4 is 5.32 Å². The number of hydrogen-bond acceptors (Lipinski definition) is 2. The predicted molar refractivity (Wildman–Crippen MR) is 76.2 cm³/mol. The average molecular weight is 261 g/mol. The molecule has 0 aliphatic heterocycles. The van der Waals surface area contributed by atoms with Gasteiger partial charge in [0.15, 0.2) is 0 Å². The van der Waals surface area contributed by atoms with Crippen molar-refractivity contribution in [3.05, 3.63) is 29.8 Å². The van der Waals surface area contributed by atoms with Crippen LogP contribution >= 0.6 is 0 Å². The van der Waals surface area contributed by atoms with Crippen molar-refractivity contribution in [3.63, 3.8) is 0 Å². The number of hydrogen-bond donors (Lipinski definition) is 2. The van der Waals surface area contributed by atoms with Gasteiger partial charge in [-0.05, 0) is 42.5 Å². The molecule has 1 aromatic carbocycles. The van der Waals surface area contributed by atoms with Crippen molar-refractivity contribution < 1.29 is 9.90 Å². The van der Waals surface area contributed by atoms with Crippen LogP contribution in [0.25, 0.3) is 0 Å². The van der Waals surface area contributed by atoms with Crippen LogP contribution in [0.2, 0.25) is 0 Å². The summed E-state index contributed by atoms with van der Waals surface area (Å²) in [6.07, 6.45) is 6.34. The summed E-state index contributed by atoms with van der Waals surface area (Å²) in [5.74, 6) is 1.79. The molecular weight excluding hydrogens is 238 g/mol. The van der Waals surface area contributed by atoms with E-state index in [0.29, 0.717) is 5.56 Å². The third kappa shape index (κ3) is 4.27. The molecule has 0 atom stereocenters. The molecule has 104 valence electrons. The average Bonchev–Trinajstić information content (AvgIpc) is 2.41. The molecule has 0 unspecified atom stereocenters. The van der Waals surface area contributed by atoms with Gasteiger partial charge >= 0.3 is 0 Å². The second kappa shape index (κ2) is 6.60. The molecule has 0 heterocycles. The van der Waals surface area contributed by atoms with Crippen molar-refractivity contribution in [1.82, 2.24) is 5.32 Å². The SMILES string of the molecule is CC1CCC(CCNC(=O)c2ccc(O)cc2)CC1. The Morgan fingerprint density at radius 1 is 1.21 bits per heavy atom. The molecule has 0 bridgehead atoms. The van der Waals surface area contributed by atoms with Gasteiger partial charge in [-0.25, -0.2) is 0 Å². The summed E-state index contributed by atoms with van der Waals surface area (Å²) in [5, 5.41) is 12.1. The lowest BCUT2D eigenvalue weighted by molar-refractivity contribution is 0.0949. The maximum absolute atomic E-state index is 11.9. The standard InChI is InChI=1S/C16H23NO2/c1-12-2-4-13(5-3-12)10-11-17-16(19)14-6-8-15(18)9-7-14/h6-9,12-13,18H,2-5,10-11H2,1H3,(H,17,19). The van der Waals surface area contributed by atoms with E-state index in [0.717, 1.165) is 24.8 Å². The molecule has 0 aromatic heterocycles. The zero-order valence-electron chi connectivity index (χ0n) is 11.6. The number of carbonyl (C=O) groups excluding carboxylic acids is 1. The van der Waals surface area contributed by atoms with Gasteiger partial charge in [0.2, 0.25) is 0 Å². The van der Waals surface area contributed by atoms with E-state index in [2.05, 4.69) is 12.2 Å². The van der Waals surface area contributed by atoms with Gasteiger partial charge in [0, 0.05) is 12.1 Å². The fraction of sp³-hybridized carbons (Fsp3) is 0.562. The molecule has 0 spiro atoms. The number of aromatic hydroxyl groups is 1. The molecule has 3 nitrogen and oxygen atoms in total. The minimum absolute atomic E-state index is 0.0517. The van der Waals surface area contributed by atoms with Gasteiger partial charge in [-0.15, -0.1) is 0 Å². The first-order valence-corrected chi connectivity index (χ1v) is 7.22. The summed E-state index contributed by atoms with van der Waals surface area (Å²) in [6, 6.07) is 6.37. The molecule has 2 rings (SSSR count). The zero-order valence-corrected chi connectivity index (χ0v) is 11.6. The van der Waals surface area contributed by atoms with Gasteiger partial charge < -0.3 is 10.4 Å². The minimum Gasteiger partial charge on any atom is -0.508 e. The summed E-state index contributed by atoms with van der Waals surface area (Å²) in [4.78, 5) is 11.9. The number of rotatable bonds is 4. The van der Waals surface area contributed by atoms with Crippen molar-refractivity contribution in [2.75, 3.05) is 6.54 Å². The molecule has 1 aliphatic rings. The molecule has 1 saturated carbocycles. The summed E-state index contributed by atoms with van der Waals surface area (Å²) in [5.41, 5.74) is 0.607. The van der Waals surface area contributed by atoms with Crippen molar-refractivity contribution in [2.45, 2.75) is 39.0 Å². The number of nitrogens with one attached hydrogen (secondary N) is 1. The number of carbonyl (C=O) groups is 1. The molecule has 1 fully saturated rings. The highest BCUT2D eigenvalue weighted by Crippen LogP contribution is 2.29. The fourth-order valence-corrected chi connectivity index (χ4v) is 2.72. The first kappa shape index (κ1) is 13.9. The van der Waals surface area contributed by atoms with Crippen molar-refractivity contribution in [3.8, 4) is 5.75 Å². The highest BCUT2D eigenvalue weighted by atomic mass is 16.3. The quantitative estimate of drug-likeness (QED) is 0.873. The van der Waals surface area contributed by atoms with E-state index in [1.165, 1.54) is 37.8 Å². The van der Waals surface area contributed by atoms with Gasteiger partial charge in [-0.3, -0.25) is 4.79 Å². The summed E-state index contributed by atoms with van der Waals surface area (Å²) >= 11 is 0.